The van der Waals surface area contributed by atoms with Crippen LogP contribution >= 0.6 is 0 Å². The van der Waals surface area contributed by atoms with Gasteiger partial charge < -0.3 is 15.7 Å². The third-order valence-corrected chi connectivity index (χ3v) is 6.68. The number of rotatable bonds is 7. The number of piperazine rings is 1. The van der Waals surface area contributed by atoms with Crippen molar-refractivity contribution in [3.8, 4) is 0 Å². The van der Waals surface area contributed by atoms with Crippen LogP contribution in [-0.4, -0.2) is 73.3 Å². The van der Waals surface area contributed by atoms with Gasteiger partial charge in [-0.3, -0.25) is 15.1 Å². The van der Waals surface area contributed by atoms with Gasteiger partial charge >= 0.3 is 12.0 Å². The van der Waals surface area contributed by atoms with Gasteiger partial charge in [0.25, 0.3) is 0 Å². The molecule has 1 fully saturated rings. The Hall–Kier alpha value is -3.70. The van der Waals surface area contributed by atoms with Crippen molar-refractivity contribution in [3.63, 3.8) is 0 Å². The lowest BCUT2D eigenvalue weighted by atomic mass is 10.2. The number of carbonyl (C=O) groups is 2. The first-order valence-electron chi connectivity index (χ1n) is 10.1. The number of carbonyl (C=O) groups excluding carboxylic acids is 1. The summed E-state index contributed by atoms with van der Waals surface area (Å²) in [7, 11) is -3.66. The predicted octanol–water partition coefficient (Wildman–Crippen LogP) is 1.60. The summed E-state index contributed by atoms with van der Waals surface area (Å²) in [6.45, 7) is -0.122. The maximum atomic E-state index is 13.1. The number of nitrogen functional groups attached to an aromatic ring is 1. The molecule has 33 heavy (non-hydrogen) atoms. The van der Waals surface area contributed by atoms with E-state index in [1.54, 1.807) is 12.1 Å². The van der Waals surface area contributed by atoms with Gasteiger partial charge in [0.05, 0.1) is 0 Å². The van der Waals surface area contributed by atoms with Crippen molar-refractivity contribution in [1.82, 2.24) is 9.21 Å². The van der Waals surface area contributed by atoms with Gasteiger partial charge in [-0.2, -0.15) is 4.31 Å². The number of amidine groups is 1. The summed E-state index contributed by atoms with van der Waals surface area (Å²) < 4.78 is 26.6. The Kier molecular flexibility index (Phi) is 7.46. The average Bonchev–Trinajstić information content (AvgIpc) is 2.81. The van der Waals surface area contributed by atoms with Crippen molar-refractivity contribution >= 4 is 39.6 Å². The number of carboxylic acids is 1. The van der Waals surface area contributed by atoms with E-state index in [-0.39, 0.29) is 32.0 Å². The largest absolute Gasteiger partial charge is 0.480 e. The van der Waals surface area contributed by atoms with Gasteiger partial charge in [0.2, 0.25) is 10.0 Å². The molecule has 2 aromatic rings. The van der Waals surface area contributed by atoms with Gasteiger partial charge in [-0.1, -0.05) is 30.3 Å². The number of benzene rings is 2. The molecule has 10 nitrogen and oxygen atoms in total. The molecule has 4 N–H and O–H groups in total. The van der Waals surface area contributed by atoms with Crippen molar-refractivity contribution in [2.45, 2.75) is 0 Å². The zero-order chi connectivity index (χ0) is 24.0. The van der Waals surface area contributed by atoms with Crippen LogP contribution < -0.4 is 10.6 Å². The van der Waals surface area contributed by atoms with E-state index in [1.807, 2.05) is 18.2 Å². The lowest BCUT2D eigenvalue weighted by Crippen LogP contribution is -2.54. The van der Waals surface area contributed by atoms with Crippen LogP contribution in [0.15, 0.2) is 60.0 Å². The molecule has 1 aliphatic heterocycles. The van der Waals surface area contributed by atoms with Crippen molar-refractivity contribution < 1.29 is 23.1 Å². The first-order chi connectivity index (χ1) is 15.7. The highest BCUT2D eigenvalue weighted by molar-refractivity contribution is 7.92. The summed E-state index contributed by atoms with van der Waals surface area (Å²) in [5.74, 6) is -1.33. The van der Waals surface area contributed by atoms with E-state index in [9.17, 15) is 23.1 Å². The van der Waals surface area contributed by atoms with E-state index < -0.39 is 28.6 Å². The number of urea groups is 1. The lowest BCUT2D eigenvalue weighted by molar-refractivity contribution is -0.135. The standard InChI is InChI=1S/C22H25N5O5S/c23-21(24)18-6-8-19(9-7-18)27(16-20(28)29)22(30)25-11-13-26(14-12-25)33(31,32)15-10-17-4-2-1-3-5-17/h1-10,15H,11-14,16H2,(H3,23,24)(H,28,29)/b15-10+. The highest BCUT2D eigenvalue weighted by Crippen LogP contribution is 2.19. The fourth-order valence-corrected chi connectivity index (χ4v) is 4.52. The van der Waals surface area contributed by atoms with E-state index in [0.29, 0.717) is 11.3 Å². The summed E-state index contributed by atoms with van der Waals surface area (Å²) in [5, 5.41) is 17.9. The average molecular weight is 472 g/mol. The number of sulfonamides is 1. The molecule has 1 saturated heterocycles. The molecule has 0 radical (unpaired) electrons. The smallest absolute Gasteiger partial charge is 0.325 e. The fourth-order valence-electron chi connectivity index (χ4n) is 3.34. The van der Waals surface area contributed by atoms with Crippen molar-refractivity contribution in [2.24, 2.45) is 5.73 Å². The monoisotopic (exact) mass is 471 g/mol. The molecule has 2 amide bonds. The minimum absolute atomic E-state index is 0.0946. The molecular weight excluding hydrogens is 446 g/mol. The Morgan fingerprint density at radius 1 is 1.03 bits per heavy atom. The van der Waals surface area contributed by atoms with Crippen LogP contribution in [-0.2, 0) is 14.8 Å². The normalized spacial score (nSPS) is 14.8. The highest BCUT2D eigenvalue weighted by atomic mass is 32.2. The molecule has 11 heteroatoms. The topological polar surface area (TPSA) is 148 Å². The van der Waals surface area contributed by atoms with Gasteiger partial charge in [-0.05, 0) is 35.9 Å². The molecule has 0 atom stereocenters. The van der Waals surface area contributed by atoms with E-state index in [0.717, 1.165) is 15.9 Å². The summed E-state index contributed by atoms with van der Waals surface area (Å²) in [6, 6.07) is 14.6. The highest BCUT2D eigenvalue weighted by Gasteiger charge is 2.31. The van der Waals surface area contributed by atoms with E-state index in [1.165, 1.54) is 39.5 Å². The molecule has 0 aromatic heterocycles. The number of nitrogens with two attached hydrogens (primary N) is 1. The number of anilines is 1. The summed E-state index contributed by atoms with van der Waals surface area (Å²) in [5.41, 5.74) is 6.99. The van der Waals surface area contributed by atoms with Crippen LogP contribution in [0.25, 0.3) is 6.08 Å². The SMILES string of the molecule is N=C(N)c1ccc(N(CC(=O)O)C(=O)N2CCN(S(=O)(=O)/C=C/c3ccccc3)CC2)cc1. The molecule has 0 bridgehead atoms. The van der Waals surface area contributed by atoms with E-state index in [2.05, 4.69) is 0 Å². The molecule has 2 aromatic carbocycles. The van der Waals surface area contributed by atoms with Crippen molar-refractivity contribution in [2.75, 3.05) is 37.6 Å². The van der Waals surface area contributed by atoms with Crippen LogP contribution in [0.5, 0.6) is 0 Å². The number of nitrogens with zero attached hydrogens (tertiary/aromatic N) is 3. The molecule has 0 aliphatic carbocycles. The molecule has 0 saturated carbocycles. The number of aliphatic carboxylic acids is 1. The molecule has 1 heterocycles. The third kappa shape index (κ3) is 6.18. The molecule has 1 aliphatic rings. The lowest BCUT2D eigenvalue weighted by Gasteiger charge is -2.36. The maximum Gasteiger partial charge on any atom is 0.325 e. The Morgan fingerprint density at radius 2 is 1.64 bits per heavy atom. The summed E-state index contributed by atoms with van der Waals surface area (Å²) in [4.78, 5) is 26.9. The molecule has 3 rings (SSSR count). The molecule has 0 spiro atoms. The molecule has 174 valence electrons. The van der Waals surface area contributed by atoms with Gasteiger partial charge in [-0.15, -0.1) is 0 Å². The summed E-state index contributed by atoms with van der Waals surface area (Å²) >= 11 is 0. The van der Waals surface area contributed by atoms with Crippen LogP contribution in [0.3, 0.4) is 0 Å². The second-order valence-electron chi connectivity index (χ2n) is 7.37. The van der Waals surface area contributed by atoms with Gasteiger partial charge in [0.1, 0.15) is 12.4 Å². The number of nitrogens with one attached hydrogen (secondary N) is 1. The van der Waals surface area contributed by atoms with Gasteiger partial charge in [0.15, 0.2) is 0 Å². The first kappa shape index (κ1) is 24.0. The Bertz CT molecular complexity index is 1140. The van der Waals surface area contributed by atoms with E-state index >= 15 is 0 Å². The van der Waals surface area contributed by atoms with Gasteiger partial charge in [-0.25, -0.2) is 13.2 Å². The minimum atomic E-state index is -3.66. The fraction of sp³-hybridized carbons (Fsp3) is 0.227. The maximum absolute atomic E-state index is 13.1. The third-order valence-electron chi connectivity index (χ3n) is 5.12. The van der Waals surface area contributed by atoms with Crippen molar-refractivity contribution in [1.29, 1.82) is 5.41 Å². The summed E-state index contributed by atoms with van der Waals surface area (Å²) in [6.07, 6.45) is 1.52. The Balaban J connectivity index is 1.68. The van der Waals surface area contributed by atoms with Gasteiger partial charge in [0, 0.05) is 42.8 Å². The minimum Gasteiger partial charge on any atom is -0.480 e. The zero-order valence-electron chi connectivity index (χ0n) is 17.8. The predicted molar refractivity (Wildman–Crippen MR) is 125 cm³/mol. The molecular formula is C22H25N5O5S. The van der Waals surface area contributed by atoms with Crippen LogP contribution in [0, 0.1) is 5.41 Å². The number of carboxylic acid groups (broad SMARTS) is 1. The quantitative estimate of drug-likeness (QED) is 0.413. The second-order valence-corrected chi connectivity index (χ2v) is 9.19. The zero-order valence-corrected chi connectivity index (χ0v) is 18.6. The van der Waals surface area contributed by atoms with Crippen LogP contribution in [0.4, 0.5) is 10.5 Å². The second kappa shape index (κ2) is 10.3. The van der Waals surface area contributed by atoms with E-state index in [4.69, 9.17) is 11.1 Å². The number of hydrogen-bond acceptors (Lipinski definition) is 5. The van der Waals surface area contributed by atoms with Crippen molar-refractivity contribution in [3.05, 3.63) is 71.1 Å². The number of hydrogen-bond donors (Lipinski definition) is 3. The Morgan fingerprint density at radius 3 is 2.18 bits per heavy atom. The van der Waals surface area contributed by atoms with Crippen LogP contribution in [0.1, 0.15) is 11.1 Å². The number of amides is 2. The van der Waals surface area contributed by atoms with Crippen LogP contribution in [0.2, 0.25) is 0 Å². The Labute approximate surface area is 192 Å². The first-order valence-corrected chi connectivity index (χ1v) is 11.6. The molecule has 0 unspecified atom stereocenters.